The van der Waals surface area contributed by atoms with Crippen LogP contribution in [0.3, 0.4) is 0 Å². The summed E-state index contributed by atoms with van der Waals surface area (Å²) in [5.74, 6) is -1.19. The predicted molar refractivity (Wildman–Crippen MR) is 93.3 cm³/mol. The van der Waals surface area contributed by atoms with Gasteiger partial charge in [-0.25, -0.2) is 4.79 Å². The SMILES string of the molecule is CCc1oc(C(=O)N2CCN(C(=O)c3ccccc3)CC2)cc1C(=O)O. The Labute approximate surface area is 150 Å². The molecular weight excluding hydrogens is 336 g/mol. The fraction of sp³-hybridized carbons (Fsp3) is 0.316. The summed E-state index contributed by atoms with van der Waals surface area (Å²) < 4.78 is 5.43. The molecule has 0 spiro atoms. The zero-order valence-electron chi connectivity index (χ0n) is 14.5. The minimum atomic E-state index is -1.11. The number of hydrogen-bond acceptors (Lipinski definition) is 4. The van der Waals surface area contributed by atoms with E-state index in [1.807, 2.05) is 18.2 Å². The van der Waals surface area contributed by atoms with E-state index in [0.717, 1.165) is 0 Å². The number of aromatic carboxylic acids is 1. The first-order valence-electron chi connectivity index (χ1n) is 8.51. The van der Waals surface area contributed by atoms with Crippen molar-refractivity contribution in [3.8, 4) is 0 Å². The van der Waals surface area contributed by atoms with E-state index >= 15 is 0 Å². The lowest BCUT2D eigenvalue weighted by atomic mass is 10.1. The van der Waals surface area contributed by atoms with Crippen molar-refractivity contribution in [2.45, 2.75) is 13.3 Å². The number of rotatable bonds is 4. The third-order valence-corrected chi connectivity index (χ3v) is 4.45. The van der Waals surface area contributed by atoms with E-state index in [0.29, 0.717) is 43.9 Å². The third kappa shape index (κ3) is 3.46. The molecule has 0 atom stereocenters. The number of furan rings is 1. The van der Waals surface area contributed by atoms with Crippen molar-refractivity contribution in [1.82, 2.24) is 9.80 Å². The average Bonchev–Trinajstić information content (AvgIpc) is 3.12. The van der Waals surface area contributed by atoms with Gasteiger partial charge in [0.1, 0.15) is 11.3 Å². The second-order valence-corrected chi connectivity index (χ2v) is 6.06. The van der Waals surface area contributed by atoms with E-state index in [1.54, 1.807) is 28.9 Å². The lowest BCUT2D eigenvalue weighted by Crippen LogP contribution is -2.50. The van der Waals surface area contributed by atoms with Gasteiger partial charge >= 0.3 is 5.97 Å². The highest BCUT2D eigenvalue weighted by Gasteiger charge is 2.28. The number of hydrogen-bond donors (Lipinski definition) is 1. The van der Waals surface area contributed by atoms with Gasteiger partial charge in [0.2, 0.25) is 0 Å². The van der Waals surface area contributed by atoms with E-state index in [4.69, 9.17) is 4.42 Å². The molecule has 2 aromatic rings. The third-order valence-electron chi connectivity index (χ3n) is 4.45. The molecule has 26 heavy (non-hydrogen) atoms. The maximum atomic E-state index is 12.6. The summed E-state index contributed by atoms with van der Waals surface area (Å²) in [4.78, 5) is 39.5. The van der Waals surface area contributed by atoms with Crippen LogP contribution in [0.5, 0.6) is 0 Å². The van der Waals surface area contributed by atoms with Gasteiger partial charge in [0.15, 0.2) is 5.76 Å². The van der Waals surface area contributed by atoms with Gasteiger partial charge in [0, 0.05) is 44.2 Å². The Hall–Kier alpha value is -3.09. The fourth-order valence-electron chi connectivity index (χ4n) is 3.01. The minimum Gasteiger partial charge on any atom is -0.478 e. The number of aryl methyl sites for hydroxylation is 1. The quantitative estimate of drug-likeness (QED) is 0.906. The average molecular weight is 356 g/mol. The van der Waals surface area contributed by atoms with Gasteiger partial charge < -0.3 is 19.3 Å². The molecule has 1 aromatic carbocycles. The van der Waals surface area contributed by atoms with Crippen molar-refractivity contribution in [1.29, 1.82) is 0 Å². The Morgan fingerprint density at radius 3 is 2.08 bits per heavy atom. The molecule has 1 aliphatic heterocycles. The molecule has 1 N–H and O–H groups in total. The second-order valence-electron chi connectivity index (χ2n) is 6.06. The first-order valence-corrected chi connectivity index (χ1v) is 8.51. The fourth-order valence-corrected chi connectivity index (χ4v) is 3.01. The van der Waals surface area contributed by atoms with Crippen LogP contribution in [0.4, 0.5) is 0 Å². The molecule has 0 saturated carbocycles. The smallest absolute Gasteiger partial charge is 0.339 e. The summed E-state index contributed by atoms with van der Waals surface area (Å²) in [6.45, 7) is 3.37. The summed E-state index contributed by atoms with van der Waals surface area (Å²) in [5, 5.41) is 9.18. The molecule has 3 rings (SSSR count). The Morgan fingerprint density at radius 1 is 1.00 bits per heavy atom. The standard InChI is InChI=1S/C19H20N2O5/c1-2-15-14(19(24)25)12-16(26-15)18(23)21-10-8-20(9-11-21)17(22)13-6-4-3-5-7-13/h3-7,12H,2,8-11H2,1H3,(H,24,25). The van der Waals surface area contributed by atoms with Gasteiger partial charge in [-0.1, -0.05) is 25.1 Å². The Kier molecular flexibility index (Phi) is 5.06. The van der Waals surface area contributed by atoms with Gasteiger partial charge in [0.05, 0.1) is 0 Å². The second kappa shape index (κ2) is 7.43. The number of carbonyl (C=O) groups excluding carboxylic acids is 2. The molecule has 2 heterocycles. The Bertz CT molecular complexity index is 820. The Morgan fingerprint density at radius 2 is 1.58 bits per heavy atom. The molecule has 136 valence electrons. The van der Waals surface area contributed by atoms with Crippen LogP contribution in [0.25, 0.3) is 0 Å². The summed E-state index contributed by atoms with van der Waals surface area (Å²) in [7, 11) is 0. The number of carboxylic acids is 1. The summed E-state index contributed by atoms with van der Waals surface area (Å²) >= 11 is 0. The van der Waals surface area contributed by atoms with Crippen molar-refractivity contribution in [2.75, 3.05) is 26.2 Å². The molecule has 1 fully saturated rings. The van der Waals surface area contributed by atoms with E-state index in [-0.39, 0.29) is 23.1 Å². The number of carboxylic acid groups (broad SMARTS) is 1. The molecule has 0 bridgehead atoms. The lowest BCUT2D eigenvalue weighted by molar-refractivity contribution is 0.0517. The van der Waals surface area contributed by atoms with Crippen LogP contribution in [0.2, 0.25) is 0 Å². The lowest BCUT2D eigenvalue weighted by Gasteiger charge is -2.34. The molecule has 0 aliphatic carbocycles. The van der Waals surface area contributed by atoms with Crippen LogP contribution in [-0.4, -0.2) is 58.9 Å². The van der Waals surface area contributed by atoms with Gasteiger partial charge in [-0.05, 0) is 12.1 Å². The minimum absolute atomic E-state index is 0.0220. The summed E-state index contributed by atoms with van der Waals surface area (Å²) in [6.07, 6.45) is 0.397. The van der Waals surface area contributed by atoms with Crippen LogP contribution in [0, 0.1) is 0 Å². The van der Waals surface area contributed by atoms with E-state index in [2.05, 4.69) is 0 Å². The van der Waals surface area contributed by atoms with E-state index < -0.39 is 5.97 Å². The number of amides is 2. The molecular formula is C19H20N2O5. The van der Waals surface area contributed by atoms with Crippen molar-refractivity contribution in [3.63, 3.8) is 0 Å². The molecule has 1 aliphatic rings. The summed E-state index contributed by atoms with van der Waals surface area (Å²) in [5.41, 5.74) is 0.644. The zero-order chi connectivity index (χ0) is 18.7. The van der Waals surface area contributed by atoms with Gasteiger partial charge in [-0.15, -0.1) is 0 Å². The van der Waals surface area contributed by atoms with Crippen LogP contribution < -0.4 is 0 Å². The van der Waals surface area contributed by atoms with Gasteiger partial charge in [-0.3, -0.25) is 9.59 Å². The van der Waals surface area contributed by atoms with Crippen LogP contribution in [-0.2, 0) is 6.42 Å². The van der Waals surface area contributed by atoms with Crippen molar-refractivity contribution < 1.29 is 23.9 Å². The predicted octanol–water partition coefficient (Wildman–Crippen LogP) is 2.14. The molecule has 1 aromatic heterocycles. The molecule has 0 radical (unpaired) electrons. The van der Waals surface area contributed by atoms with Crippen LogP contribution >= 0.6 is 0 Å². The maximum Gasteiger partial charge on any atom is 0.339 e. The molecule has 0 unspecified atom stereocenters. The van der Waals surface area contributed by atoms with Crippen molar-refractivity contribution in [2.24, 2.45) is 0 Å². The topological polar surface area (TPSA) is 91.1 Å². The highest BCUT2D eigenvalue weighted by Crippen LogP contribution is 2.19. The van der Waals surface area contributed by atoms with Crippen molar-refractivity contribution in [3.05, 3.63) is 59.0 Å². The largest absolute Gasteiger partial charge is 0.478 e. The molecule has 7 heteroatoms. The monoisotopic (exact) mass is 356 g/mol. The van der Waals surface area contributed by atoms with Crippen LogP contribution in [0.1, 0.15) is 44.0 Å². The molecule has 7 nitrogen and oxygen atoms in total. The number of benzene rings is 1. The maximum absolute atomic E-state index is 12.6. The zero-order valence-corrected chi connectivity index (χ0v) is 14.5. The highest BCUT2D eigenvalue weighted by molar-refractivity contribution is 5.97. The molecule has 2 amide bonds. The highest BCUT2D eigenvalue weighted by atomic mass is 16.4. The molecule has 1 saturated heterocycles. The first-order chi connectivity index (χ1) is 12.5. The summed E-state index contributed by atoms with van der Waals surface area (Å²) in [6, 6.07) is 10.3. The van der Waals surface area contributed by atoms with Gasteiger partial charge in [0.25, 0.3) is 11.8 Å². The number of nitrogens with zero attached hydrogens (tertiary/aromatic N) is 2. The van der Waals surface area contributed by atoms with Crippen LogP contribution in [0.15, 0.2) is 40.8 Å². The van der Waals surface area contributed by atoms with E-state index in [1.165, 1.54) is 6.07 Å². The van der Waals surface area contributed by atoms with Crippen molar-refractivity contribution >= 4 is 17.8 Å². The normalized spacial score (nSPS) is 14.3. The van der Waals surface area contributed by atoms with E-state index in [9.17, 15) is 19.5 Å². The number of carbonyl (C=O) groups is 3. The first kappa shape index (κ1) is 17.7. The van der Waals surface area contributed by atoms with Gasteiger partial charge in [-0.2, -0.15) is 0 Å². The number of piperazine rings is 1. The Balaban J connectivity index is 1.65.